The van der Waals surface area contributed by atoms with E-state index in [1.165, 1.54) is 0 Å². The molecular weight excluding hydrogens is 282 g/mol. The lowest BCUT2D eigenvalue weighted by atomic mass is 10.2. The summed E-state index contributed by atoms with van der Waals surface area (Å²) in [5.74, 6) is 0.417. The summed E-state index contributed by atoms with van der Waals surface area (Å²) in [4.78, 5) is 23.2. The minimum absolute atomic E-state index is 0.156. The van der Waals surface area contributed by atoms with E-state index in [0.717, 1.165) is 0 Å². The number of benzene rings is 2. The Hall–Kier alpha value is -2.82. The minimum atomic E-state index is -0.465. The van der Waals surface area contributed by atoms with Crippen molar-refractivity contribution >= 4 is 11.9 Å². The SMILES string of the molecule is CCOC(=O)CNC(=O)c1cccc(Oc2ccccc2)c1. The van der Waals surface area contributed by atoms with Gasteiger partial charge in [-0.05, 0) is 37.3 Å². The van der Waals surface area contributed by atoms with Crippen molar-refractivity contribution in [1.82, 2.24) is 5.32 Å². The molecule has 0 spiro atoms. The van der Waals surface area contributed by atoms with E-state index in [1.807, 2.05) is 30.3 Å². The summed E-state index contributed by atoms with van der Waals surface area (Å²) in [6.45, 7) is 1.84. The Balaban J connectivity index is 1.98. The zero-order chi connectivity index (χ0) is 15.8. The minimum Gasteiger partial charge on any atom is -0.465 e. The maximum absolute atomic E-state index is 12.0. The highest BCUT2D eigenvalue weighted by Gasteiger charge is 2.09. The molecule has 0 aliphatic rings. The number of carbonyl (C=O) groups excluding carboxylic acids is 2. The summed E-state index contributed by atoms with van der Waals surface area (Å²) < 4.78 is 10.4. The summed E-state index contributed by atoms with van der Waals surface area (Å²) in [7, 11) is 0. The van der Waals surface area contributed by atoms with Crippen LogP contribution in [0.15, 0.2) is 54.6 Å². The first-order valence-electron chi connectivity index (χ1n) is 6.96. The van der Waals surface area contributed by atoms with Gasteiger partial charge < -0.3 is 14.8 Å². The van der Waals surface area contributed by atoms with Crippen LogP contribution in [0.4, 0.5) is 0 Å². The smallest absolute Gasteiger partial charge is 0.325 e. The van der Waals surface area contributed by atoms with Crippen LogP contribution in [0.1, 0.15) is 17.3 Å². The molecule has 2 aromatic carbocycles. The Bertz CT molecular complexity index is 640. The van der Waals surface area contributed by atoms with E-state index in [0.29, 0.717) is 17.1 Å². The topological polar surface area (TPSA) is 64.6 Å². The van der Waals surface area contributed by atoms with Crippen LogP contribution in [0.2, 0.25) is 0 Å². The van der Waals surface area contributed by atoms with Crippen molar-refractivity contribution in [2.45, 2.75) is 6.92 Å². The molecule has 0 unspecified atom stereocenters. The van der Waals surface area contributed by atoms with Gasteiger partial charge in [0, 0.05) is 5.56 Å². The average Bonchev–Trinajstić information content (AvgIpc) is 2.54. The highest BCUT2D eigenvalue weighted by molar-refractivity contribution is 5.96. The zero-order valence-electron chi connectivity index (χ0n) is 12.2. The fraction of sp³-hybridized carbons (Fsp3) is 0.176. The molecule has 22 heavy (non-hydrogen) atoms. The van der Waals surface area contributed by atoms with Crippen molar-refractivity contribution in [3.63, 3.8) is 0 Å². The maximum atomic E-state index is 12.0. The first-order valence-corrected chi connectivity index (χ1v) is 6.96. The molecule has 0 atom stereocenters. The monoisotopic (exact) mass is 299 g/mol. The molecule has 0 saturated carbocycles. The molecule has 0 saturated heterocycles. The molecule has 5 nitrogen and oxygen atoms in total. The van der Waals surface area contributed by atoms with E-state index in [4.69, 9.17) is 9.47 Å². The number of carbonyl (C=O) groups is 2. The van der Waals surface area contributed by atoms with Crippen molar-refractivity contribution in [2.75, 3.05) is 13.2 Å². The molecule has 1 N–H and O–H groups in total. The molecule has 0 aliphatic heterocycles. The second-order valence-corrected chi connectivity index (χ2v) is 4.43. The Morgan fingerprint density at radius 1 is 1.00 bits per heavy atom. The van der Waals surface area contributed by atoms with Gasteiger partial charge >= 0.3 is 5.97 Å². The van der Waals surface area contributed by atoms with Crippen molar-refractivity contribution in [3.05, 3.63) is 60.2 Å². The van der Waals surface area contributed by atoms with Crippen LogP contribution >= 0.6 is 0 Å². The van der Waals surface area contributed by atoms with E-state index < -0.39 is 5.97 Å². The summed E-state index contributed by atoms with van der Waals surface area (Å²) in [5, 5.41) is 2.51. The number of nitrogens with one attached hydrogen (secondary N) is 1. The Morgan fingerprint density at radius 3 is 2.45 bits per heavy atom. The average molecular weight is 299 g/mol. The van der Waals surface area contributed by atoms with Gasteiger partial charge in [0.25, 0.3) is 5.91 Å². The standard InChI is InChI=1S/C17H17NO4/c1-2-21-16(19)12-18-17(20)13-7-6-10-15(11-13)22-14-8-4-3-5-9-14/h3-11H,2,12H2,1H3,(H,18,20). The fourth-order valence-electron chi connectivity index (χ4n) is 1.79. The Kier molecular flexibility index (Phi) is 5.54. The van der Waals surface area contributed by atoms with Gasteiger partial charge in [-0.15, -0.1) is 0 Å². The number of esters is 1. The Labute approximate surface area is 128 Å². The predicted molar refractivity (Wildman–Crippen MR) is 81.9 cm³/mol. The predicted octanol–water partition coefficient (Wildman–Crippen LogP) is 2.77. The van der Waals surface area contributed by atoms with Gasteiger partial charge in [-0.3, -0.25) is 9.59 Å². The van der Waals surface area contributed by atoms with Crippen molar-refractivity contribution < 1.29 is 19.1 Å². The normalized spacial score (nSPS) is 9.86. The van der Waals surface area contributed by atoms with Crippen molar-refractivity contribution in [2.24, 2.45) is 0 Å². The van der Waals surface area contributed by atoms with Crippen molar-refractivity contribution in [3.8, 4) is 11.5 Å². The highest BCUT2D eigenvalue weighted by atomic mass is 16.5. The highest BCUT2D eigenvalue weighted by Crippen LogP contribution is 2.21. The Morgan fingerprint density at radius 2 is 1.73 bits per heavy atom. The van der Waals surface area contributed by atoms with E-state index in [2.05, 4.69) is 5.32 Å². The molecule has 0 bridgehead atoms. The van der Waals surface area contributed by atoms with Gasteiger partial charge in [0.2, 0.25) is 0 Å². The molecule has 5 heteroatoms. The van der Waals surface area contributed by atoms with E-state index in [1.54, 1.807) is 31.2 Å². The lowest BCUT2D eigenvalue weighted by Crippen LogP contribution is -2.30. The van der Waals surface area contributed by atoms with Gasteiger partial charge in [0.1, 0.15) is 18.0 Å². The van der Waals surface area contributed by atoms with Crippen LogP contribution in [0, 0.1) is 0 Å². The number of hydrogen-bond donors (Lipinski definition) is 1. The van der Waals surface area contributed by atoms with Gasteiger partial charge in [-0.1, -0.05) is 24.3 Å². The summed E-state index contributed by atoms with van der Waals surface area (Å²) in [6, 6.07) is 16.0. The maximum Gasteiger partial charge on any atom is 0.325 e. The molecule has 0 radical (unpaired) electrons. The first kappa shape index (κ1) is 15.6. The molecule has 2 aromatic rings. The molecule has 0 fully saturated rings. The van der Waals surface area contributed by atoms with Gasteiger partial charge in [-0.2, -0.15) is 0 Å². The molecule has 2 rings (SSSR count). The molecule has 0 aliphatic carbocycles. The summed E-state index contributed by atoms with van der Waals surface area (Å²) >= 11 is 0. The molecule has 114 valence electrons. The third-order valence-corrected chi connectivity index (χ3v) is 2.77. The van der Waals surface area contributed by atoms with Crippen LogP contribution in [0.5, 0.6) is 11.5 Å². The van der Waals surface area contributed by atoms with Crippen molar-refractivity contribution in [1.29, 1.82) is 0 Å². The van der Waals surface area contributed by atoms with E-state index >= 15 is 0 Å². The van der Waals surface area contributed by atoms with Gasteiger partial charge in [0.15, 0.2) is 0 Å². The van der Waals surface area contributed by atoms with Gasteiger partial charge in [0.05, 0.1) is 6.61 Å². The zero-order valence-corrected chi connectivity index (χ0v) is 12.2. The van der Waals surface area contributed by atoms with Gasteiger partial charge in [-0.25, -0.2) is 0 Å². The first-order chi connectivity index (χ1) is 10.7. The third kappa shape index (κ3) is 4.63. The number of rotatable bonds is 6. The number of ether oxygens (including phenoxy) is 2. The largest absolute Gasteiger partial charge is 0.465 e. The third-order valence-electron chi connectivity index (χ3n) is 2.77. The lowest BCUT2D eigenvalue weighted by molar-refractivity contribution is -0.141. The van der Waals surface area contributed by atoms with Crippen LogP contribution in [0.3, 0.4) is 0 Å². The van der Waals surface area contributed by atoms with Crippen LogP contribution < -0.4 is 10.1 Å². The van der Waals surface area contributed by atoms with Crippen LogP contribution in [-0.2, 0) is 9.53 Å². The molecule has 1 amide bonds. The van der Waals surface area contributed by atoms with E-state index in [9.17, 15) is 9.59 Å². The molecule has 0 aromatic heterocycles. The molecule has 0 heterocycles. The second kappa shape index (κ2) is 7.83. The number of amides is 1. The number of para-hydroxylation sites is 1. The summed E-state index contributed by atoms with van der Waals surface area (Å²) in [5.41, 5.74) is 0.415. The second-order valence-electron chi connectivity index (χ2n) is 4.43. The fourth-order valence-corrected chi connectivity index (χ4v) is 1.79. The van der Waals surface area contributed by atoms with Crippen LogP contribution in [-0.4, -0.2) is 25.0 Å². The lowest BCUT2D eigenvalue weighted by Gasteiger charge is -2.08. The van der Waals surface area contributed by atoms with Crippen LogP contribution in [0.25, 0.3) is 0 Å². The molecular formula is C17H17NO4. The number of hydrogen-bond acceptors (Lipinski definition) is 4. The quantitative estimate of drug-likeness (QED) is 0.833. The van der Waals surface area contributed by atoms with E-state index in [-0.39, 0.29) is 19.1 Å². The summed E-state index contributed by atoms with van der Waals surface area (Å²) in [6.07, 6.45) is 0.